The Morgan fingerprint density at radius 1 is 1.21 bits per heavy atom. The van der Waals surface area contributed by atoms with E-state index in [0.717, 1.165) is 11.0 Å². The second kappa shape index (κ2) is 6.79. The number of rotatable bonds is 3. The number of pyridine rings is 1. The van der Waals surface area contributed by atoms with Crippen LogP contribution in [-0.2, 0) is 16.1 Å². The highest BCUT2D eigenvalue weighted by Crippen LogP contribution is 2.43. The zero-order chi connectivity index (χ0) is 20.1. The second-order valence-electron chi connectivity index (χ2n) is 7.05. The van der Waals surface area contributed by atoms with Gasteiger partial charge in [0.2, 0.25) is 5.91 Å². The fourth-order valence-electron chi connectivity index (χ4n) is 3.80. The van der Waals surface area contributed by atoms with Gasteiger partial charge in [0.05, 0.1) is 11.1 Å². The molecule has 0 atom stereocenters. The van der Waals surface area contributed by atoms with E-state index in [1.54, 1.807) is 0 Å². The zero-order valence-electron chi connectivity index (χ0n) is 14.6. The Morgan fingerprint density at radius 3 is 2.50 bits per heavy atom. The highest BCUT2D eigenvalue weighted by Gasteiger charge is 2.60. The number of aliphatic hydroxyl groups excluding tert-OH is 1. The Labute approximate surface area is 164 Å². The molecular formula is C19H16ClF2N3O3. The Bertz CT molecular complexity index is 948. The predicted molar refractivity (Wildman–Crippen MR) is 96.5 cm³/mol. The monoisotopic (exact) mass is 407 g/mol. The molecular weight excluding hydrogens is 392 g/mol. The minimum atomic E-state index is -1.28. The normalized spacial score (nSPS) is 24.6. The summed E-state index contributed by atoms with van der Waals surface area (Å²) in [6, 6.07) is 6.63. The summed E-state index contributed by atoms with van der Waals surface area (Å²) >= 11 is 5.72. The van der Waals surface area contributed by atoms with Gasteiger partial charge in [-0.25, -0.2) is 13.8 Å². The SMILES string of the molecule is O=C1CN(c2ncc(Cl)cc2F)C(=O)[C@]2(C[C@H](O)C2)N1Cc1ccc(F)cc1. The number of hydrogen-bond acceptors (Lipinski definition) is 4. The molecule has 0 bridgehead atoms. The van der Waals surface area contributed by atoms with Crippen LogP contribution in [-0.4, -0.2) is 45.0 Å². The van der Waals surface area contributed by atoms with Crippen molar-refractivity contribution in [3.05, 3.63) is 58.7 Å². The van der Waals surface area contributed by atoms with E-state index in [1.807, 2.05) is 0 Å². The number of anilines is 1. The van der Waals surface area contributed by atoms with Gasteiger partial charge in [-0.1, -0.05) is 23.7 Å². The molecule has 2 aromatic rings. The first-order chi connectivity index (χ1) is 13.3. The molecule has 0 radical (unpaired) electrons. The summed E-state index contributed by atoms with van der Waals surface area (Å²) in [4.78, 5) is 32.4. The standard InChI is InChI=1S/C19H16ClF2N3O3/c20-12-5-15(22)17(23-8-12)24-10-16(27)25(9-11-1-3-13(21)4-2-11)19(18(24)28)6-14(26)7-19/h1-5,8,14,26H,6-7,9-10H2/t14-,19+. The summed E-state index contributed by atoms with van der Waals surface area (Å²) in [7, 11) is 0. The lowest BCUT2D eigenvalue weighted by molar-refractivity contribution is -0.167. The van der Waals surface area contributed by atoms with Gasteiger partial charge < -0.3 is 10.0 Å². The first-order valence-electron chi connectivity index (χ1n) is 8.66. The van der Waals surface area contributed by atoms with Crippen LogP contribution in [0.1, 0.15) is 18.4 Å². The minimum Gasteiger partial charge on any atom is -0.393 e. The molecule has 28 heavy (non-hydrogen) atoms. The van der Waals surface area contributed by atoms with Gasteiger partial charge in [0, 0.05) is 25.6 Å². The number of carbonyl (C=O) groups is 2. The molecule has 2 heterocycles. The highest BCUT2D eigenvalue weighted by molar-refractivity contribution is 6.30. The number of piperazine rings is 1. The van der Waals surface area contributed by atoms with Gasteiger partial charge in [-0.3, -0.25) is 14.5 Å². The molecule has 146 valence electrons. The smallest absolute Gasteiger partial charge is 0.254 e. The van der Waals surface area contributed by atoms with Crippen molar-refractivity contribution in [2.24, 2.45) is 0 Å². The van der Waals surface area contributed by atoms with Gasteiger partial charge in [0.15, 0.2) is 11.6 Å². The molecule has 9 heteroatoms. The Kier molecular flexibility index (Phi) is 4.55. The third-order valence-electron chi connectivity index (χ3n) is 5.20. The molecule has 1 saturated heterocycles. The van der Waals surface area contributed by atoms with Gasteiger partial charge in [0.25, 0.3) is 5.91 Å². The van der Waals surface area contributed by atoms with Crippen LogP contribution >= 0.6 is 11.6 Å². The van der Waals surface area contributed by atoms with Crippen molar-refractivity contribution in [3.63, 3.8) is 0 Å². The molecule has 4 rings (SSSR count). The number of carbonyl (C=O) groups excluding carboxylic acids is 2. The maximum atomic E-state index is 14.3. The van der Waals surface area contributed by atoms with E-state index in [0.29, 0.717) is 5.56 Å². The number of amides is 2. The van der Waals surface area contributed by atoms with Crippen molar-refractivity contribution in [2.75, 3.05) is 11.4 Å². The van der Waals surface area contributed by atoms with Crippen LogP contribution in [0.25, 0.3) is 0 Å². The molecule has 2 fully saturated rings. The molecule has 1 aliphatic heterocycles. The third kappa shape index (κ3) is 3.02. The van der Waals surface area contributed by atoms with Crippen LogP contribution in [0.3, 0.4) is 0 Å². The van der Waals surface area contributed by atoms with Crippen LogP contribution < -0.4 is 4.90 Å². The molecule has 2 aliphatic rings. The Hall–Kier alpha value is -2.58. The summed E-state index contributed by atoms with van der Waals surface area (Å²) in [6.45, 7) is -0.300. The maximum absolute atomic E-state index is 14.3. The molecule has 1 aliphatic carbocycles. The van der Waals surface area contributed by atoms with Crippen LogP contribution in [0.5, 0.6) is 0 Å². The fourth-order valence-corrected chi connectivity index (χ4v) is 3.95. The number of aromatic nitrogens is 1. The van der Waals surface area contributed by atoms with Crippen LogP contribution in [0.2, 0.25) is 5.02 Å². The van der Waals surface area contributed by atoms with Crippen molar-refractivity contribution >= 4 is 29.2 Å². The average Bonchev–Trinajstić information content (AvgIpc) is 2.62. The second-order valence-corrected chi connectivity index (χ2v) is 7.49. The summed E-state index contributed by atoms with van der Waals surface area (Å²) in [5.41, 5.74) is -0.635. The van der Waals surface area contributed by atoms with Crippen LogP contribution in [0.4, 0.5) is 14.6 Å². The summed E-state index contributed by atoms with van der Waals surface area (Å²) < 4.78 is 27.5. The number of nitrogens with zero attached hydrogens (tertiary/aromatic N) is 3. The van der Waals surface area contributed by atoms with Crippen LogP contribution in [0, 0.1) is 11.6 Å². The molecule has 2 amide bonds. The molecule has 1 aromatic heterocycles. The van der Waals surface area contributed by atoms with E-state index in [4.69, 9.17) is 11.6 Å². The lowest BCUT2D eigenvalue weighted by atomic mass is 9.70. The Morgan fingerprint density at radius 2 is 1.89 bits per heavy atom. The highest BCUT2D eigenvalue weighted by atomic mass is 35.5. The molecule has 1 N–H and O–H groups in total. The predicted octanol–water partition coefficient (Wildman–Crippen LogP) is 2.28. The molecule has 1 saturated carbocycles. The first-order valence-corrected chi connectivity index (χ1v) is 9.04. The largest absolute Gasteiger partial charge is 0.393 e. The lowest BCUT2D eigenvalue weighted by Crippen LogP contribution is -2.73. The van der Waals surface area contributed by atoms with Crippen molar-refractivity contribution in [2.45, 2.75) is 31.0 Å². The van der Waals surface area contributed by atoms with Crippen molar-refractivity contribution in [3.8, 4) is 0 Å². The minimum absolute atomic E-state index is 0.0461. The van der Waals surface area contributed by atoms with E-state index in [-0.39, 0.29) is 36.8 Å². The third-order valence-corrected chi connectivity index (χ3v) is 5.41. The van der Waals surface area contributed by atoms with E-state index < -0.39 is 35.1 Å². The molecule has 6 nitrogen and oxygen atoms in total. The number of halogens is 3. The quantitative estimate of drug-likeness (QED) is 0.847. The lowest BCUT2D eigenvalue weighted by Gasteiger charge is -2.55. The van der Waals surface area contributed by atoms with Crippen molar-refractivity contribution in [1.29, 1.82) is 0 Å². The van der Waals surface area contributed by atoms with Gasteiger partial charge in [-0.15, -0.1) is 0 Å². The van der Waals surface area contributed by atoms with Crippen molar-refractivity contribution in [1.82, 2.24) is 9.88 Å². The first kappa shape index (κ1) is 18.8. The molecule has 0 unspecified atom stereocenters. The zero-order valence-corrected chi connectivity index (χ0v) is 15.4. The summed E-state index contributed by atoms with van der Waals surface area (Å²) in [5.74, 6) is -2.41. The van der Waals surface area contributed by atoms with E-state index in [2.05, 4.69) is 4.98 Å². The summed E-state index contributed by atoms with van der Waals surface area (Å²) in [6.07, 6.45) is 0.551. The van der Waals surface area contributed by atoms with Crippen molar-refractivity contribution < 1.29 is 23.5 Å². The van der Waals surface area contributed by atoms with Gasteiger partial charge in [-0.2, -0.15) is 0 Å². The van der Waals surface area contributed by atoms with Gasteiger partial charge in [-0.05, 0) is 23.8 Å². The number of hydrogen-bond donors (Lipinski definition) is 1. The maximum Gasteiger partial charge on any atom is 0.254 e. The van der Waals surface area contributed by atoms with Gasteiger partial charge >= 0.3 is 0 Å². The fraction of sp³-hybridized carbons (Fsp3) is 0.316. The van der Waals surface area contributed by atoms with Gasteiger partial charge in [0.1, 0.15) is 17.9 Å². The topological polar surface area (TPSA) is 73.7 Å². The van der Waals surface area contributed by atoms with E-state index in [9.17, 15) is 23.5 Å². The Balaban J connectivity index is 1.68. The summed E-state index contributed by atoms with van der Waals surface area (Å²) in [5, 5.41) is 9.94. The number of benzene rings is 1. The molecule has 1 aromatic carbocycles. The van der Waals surface area contributed by atoms with E-state index >= 15 is 0 Å². The van der Waals surface area contributed by atoms with Crippen LogP contribution in [0.15, 0.2) is 36.5 Å². The van der Waals surface area contributed by atoms with E-state index in [1.165, 1.54) is 35.4 Å². The average molecular weight is 408 g/mol. The number of aliphatic hydroxyl groups is 1. The molecule has 1 spiro atoms.